The monoisotopic (exact) mass is 632 g/mol. The zero-order valence-corrected chi connectivity index (χ0v) is 22.7. The van der Waals surface area contributed by atoms with Crippen LogP contribution in [0.15, 0.2) is 33.2 Å². The Balaban J connectivity index is 0.000000547. The highest BCUT2D eigenvalue weighted by molar-refractivity contribution is 9.10. The van der Waals surface area contributed by atoms with Crippen LogP contribution in [0.3, 0.4) is 0 Å². The second-order valence-electron chi connectivity index (χ2n) is 5.98. The first kappa shape index (κ1) is 30.6. The molecular formula is C20H21Br2Cl3N2O5. The molecule has 1 amide bonds. The first-order valence-corrected chi connectivity index (χ1v) is 11.4. The summed E-state index contributed by atoms with van der Waals surface area (Å²) in [6, 6.07) is 6.62. The molecule has 2 rings (SSSR count). The third-order valence-corrected chi connectivity index (χ3v) is 5.63. The topological polar surface area (TPSA) is 119 Å². The van der Waals surface area contributed by atoms with Crippen LogP contribution in [-0.4, -0.2) is 22.2 Å². The van der Waals surface area contributed by atoms with Crippen LogP contribution < -0.4 is 11.1 Å². The maximum absolute atomic E-state index is 11.0. The van der Waals surface area contributed by atoms with Gasteiger partial charge in [-0.05, 0) is 67.7 Å². The molecule has 4 N–H and O–H groups in total. The number of nitrogens with one attached hydrogen (secondary N) is 1. The molecule has 0 aliphatic carbocycles. The Labute approximate surface area is 217 Å². The molecule has 2 aromatic rings. The quantitative estimate of drug-likeness (QED) is 0.213. The van der Waals surface area contributed by atoms with E-state index in [9.17, 15) is 14.4 Å². The lowest BCUT2D eigenvalue weighted by Crippen LogP contribution is -2.09. The van der Waals surface area contributed by atoms with Crippen LogP contribution in [0.4, 0.5) is 11.4 Å². The molecular weight excluding hydrogens is 614 g/mol. The number of aliphatic hydroxyl groups is 1. The Hall–Kier alpha value is -1.36. The van der Waals surface area contributed by atoms with Crippen molar-refractivity contribution in [3.8, 4) is 0 Å². The molecule has 12 heteroatoms. The van der Waals surface area contributed by atoms with Crippen molar-refractivity contribution in [2.45, 2.75) is 34.0 Å². The minimum Gasteiger partial charge on any atom is -0.461 e. The van der Waals surface area contributed by atoms with Gasteiger partial charge in [-0.2, -0.15) is 0 Å². The maximum Gasteiger partial charge on any atom is 0.302 e. The molecule has 7 nitrogen and oxygen atoms in total. The average Bonchev–Trinajstić information content (AvgIpc) is 2.66. The minimum absolute atomic E-state index is 0.0679. The van der Waals surface area contributed by atoms with Crippen LogP contribution in [0.5, 0.6) is 0 Å². The minimum atomic E-state index is -0.384. The van der Waals surface area contributed by atoms with Crippen LogP contribution in [0.2, 0.25) is 10.0 Å². The lowest BCUT2D eigenvalue weighted by Gasteiger charge is -2.11. The first-order valence-electron chi connectivity index (χ1n) is 8.67. The van der Waals surface area contributed by atoms with Gasteiger partial charge in [-0.25, -0.2) is 0 Å². The molecule has 0 radical (unpaired) electrons. The number of ether oxygens (including phenoxy) is 1. The van der Waals surface area contributed by atoms with Gasteiger partial charge in [0.2, 0.25) is 11.1 Å². The van der Waals surface area contributed by atoms with E-state index in [1.807, 2.05) is 0 Å². The van der Waals surface area contributed by atoms with Gasteiger partial charge < -0.3 is 20.9 Å². The van der Waals surface area contributed by atoms with Gasteiger partial charge in [-0.15, -0.1) is 0 Å². The fourth-order valence-electron chi connectivity index (χ4n) is 1.93. The molecule has 0 fully saturated rings. The number of rotatable bonds is 4. The number of nitrogens with two attached hydrogens (primary N) is 1. The van der Waals surface area contributed by atoms with E-state index in [1.54, 1.807) is 24.3 Å². The molecule has 0 aliphatic heterocycles. The number of anilines is 2. The number of hydrogen-bond donors (Lipinski definition) is 3. The average molecular weight is 636 g/mol. The highest BCUT2D eigenvalue weighted by atomic mass is 79.9. The van der Waals surface area contributed by atoms with E-state index in [1.165, 1.54) is 20.8 Å². The standard InChI is InChI=1S/C11H11BrClNO3.C7H7BrClNO.C2H3ClO/c1-6(15)14-11-4-10(13)9(12)3-8(11)5-17-7(2)16;8-5-1-4(3-11)7(10)2-6(5)9;1-2(3)4/h3-4H,5H2,1-2H3,(H,14,15);1-2,11H,3,10H2;1H3. The highest BCUT2D eigenvalue weighted by Crippen LogP contribution is 2.30. The molecule has 0 atom stereocenters. The normalized spacial score (nSPS) is 9.53. The molecule has 0 saturated carbocycles. The van der Waals surface area contributed by atoms with Crippen molar-refractivity contribution in [1.82, 2.24) is 0 Å². The smallest absolute Gasteiger partial charge is 0.302 e. The van der Waals surface area contributed by atoms with Gasteiger partial charge in [0.15, 0.2) is 0 Å². The third kappa shape index (κ3) is 12.6. The Kier molecular flexibility index (Phi) is 14.8. The second kappa shape index (κ2) is 15.5. The van der Waals surface area contributed by atoms with E-state index in [-0.39, 0.29) is 30.3 Å². The fraction of sp³-hybridized carbons (Fsp3) is 0.250. The van der Waals surface area contributed by atoms with Gasteiger partial charge in [-0.3, -0.25) is 14.4 Å². The van der Waals surface area contributed by atoms with Gasteiger partial charge >= 0.3 is 5.97 Å². The number of amides is 1. The Morgan fingerprint density at radius 2 is 1.47 bits per heavy atom. The third-order valence-electron chi connectivity index (χ3n) is 3.24. The number of halogens is 5. The molecule has 0 spiro atoms. The molecule has 0 bridgehead atoms. The summed E-state index contributed by atoms with van der Waals surface area (Å²) in [5.41, 5.74) is 7.94. The lowest BCUT2D eigenvalue weighted by molar-refractivity contribution is -0.142. The van der Waals surface area contributed by atoms with Crippen molar-refractivity contribution in [1.29, 1.82) is 0 Å². The number of nitrogen functional groups attached to an aromatic ring is 1. The van der Waals surface area contributed by atoms with E-state index in [4.69, 9.17) is 38.8 Å². The largest absolute Gasteiger partial charge is 0.461 e. The van der Waals surface area contributed by atoms with E-state index in [0.29, 0.717) is 37.0 Å². The van der Waals surface area contributed by atoms with Crippen LogP contribution in [-0.2, 0) is 32.3 Å². The summed E-state index contributed by atoms with van der Waals surface area (Å²) in [6.07, 6.45) is 0. The maximum atomic E-state index is 11.0. The van der Waals surface area contributed by atoms with Gasteiger partial charge in [0, 0.05) is 52.2 Å². The molecule has 2 aromatic carbocycles. The van der Waals surface area contributed by atoms with Crippen molar-refractivity contribution in [2.24, 2.45) is 0 Å². The number of aliphatic hydroxyl groups excluding tert-OH is 1. The van der Waals surface area contributed by atoms with Crippen LogP contribution >= 0.6 is 66.7 Å². The zero-order valence-electron chi connectivity index (χ0n) is 17.3. The number of benzene rings is 2. The fourth-order valence-corrected chi connectivity index (χ4v) is 3.05. The van der Waals surface area contributed by atoms with Crippen molar-refractivity contribution >= 4 is 95.2 Å². The summed E-state index contributed by atoms with van der Waals surface area (Å²) in [6.45, 7) is 4.03. The predicted octanol–water partition coefficient (Wildman–Crippen LogP) is 6.07. The molecule has 0 unspecified atom stereocenters. The van der Waals surface area contributed by atoms with E-state index < -0.39 is 0 Å². The summed E-state index contributed by atoms with van der Waals surface area (Å²) < 4.78 is 6.31. The number of hydrogen-bond acceptors (Lipinski definition) is 6. The number of carbonyl (C=O) groups is 3. The number of esters is 1. The lowest BCUT2D eigenvalue weighted by atomic mass is 10.2. The van der Waals surface area contributed by atoms with Crippen LogP contribution in [0.1, 0.15) is 31.9 Å². The Morgan fingerprint density at radius 1 is 1.00 bits per heavy atom. The zero-order chi connectivity index (χ0) is 25.0. The Morgan fingerprint density at radius 3 is 1.91 bits per heavy atom. The number of carbonyl (C=O) groups excluding carboxylic acids is 3. The van der Waals surface area contributed by atoms with Gasteiger partial charge in [0.05, 0.1) is 16.7 Å². The van der Waals surface area contributed by atoms with Gasteiger partial charge in [0.1, 0.15) is 6.61 Å². The molecule has 176 valence electrons. The highest BCUT2D eigenvalue weighted by Gasteiger charge is 2.10. The molecule has 0 saturated heterocycles. The SMILES string of the molecule is CC(=O)Cl.CC(=O)Nc1cc(Cl)c(Br)cc1COC(C)=O.Nc1cc(Cl)c(Br)cc1CO. The van der Waals surface area contributed by atoms with Crippen LogP contribution in [0.25, 0.3) is 0 Å². The summed E-state index contributed by atoms with van der Waals surface area (Å²) in [5.74, 6) is -0.600. The van der Waals surface area contributed by atoms with E-state index in [2.05, 4.69) is 48.8 Å². The first-order chi connectivity index (χ1) is 14.8. The van der Waals surface area contributed by atoms with E-state index in [0.717, 1.165) is 4.47 Å². The summed E-state index contributed by atoms with van der Waals surface area (Å²) in [7, 11) is 0. The molecule has 0 heterocycles. The van der Waals surface area contributed by atoms with Gasteiger partial charge in [-0.1, -0.05) is 23.2 Å². The van der Waals surface area contributed by atoms with Crippen molar-refractivity contribution in [3.63, 3.8) is 0 Å². The van der Waals surface area contributed by atoms with Crippen LogP contribution in [0, 0.1) is 0 Å². The summed E-state index contributed by atoms with van der Waals surface area (Å²) >= 11 is 22.8. The summed E-state index contributed by atoms with van der Waals surface area (Å²) in [5, 5.41) is 12.1. The second-order valence-corrected chi connectivity index (χ2v) is 9.03. The van der Waals surface area contributed by atoms with Crippen molar-refractivity contribution < 1.29 is 24.2 Å². The van der Waals surface area contributed by atoms with Crippen molar-refractivity contribution in [2.75, 3.05) is 11.1 Å². The molecule has 32 heavy (non-hydrogen) atoms. The van der Waals surface area contributed by atoms with Crippen molar-refractivity contribution in [3.05, 3.63) is 54.4 Å². The predicted molar refractivity (Wildman–Crippen MR) is 135 cm³/mol. The molecule has 0 aromatic heterocycles. The van der Waals surface area contributed by atoms with Gasteiger partial charge in [0.25, 0.3) is 0 Å². The Bertz CT molecular complexity index is 971. The molecule has 0 aliphatic rings. The van der Waals surface area contributed by atoms with E-state index >= 15 is 0 Å². The summed E-state index contributed by atoms with van der Waals surface area (Å²) in [4.78, 5) is 31.0.